The maximum atomic E-state index is 12.0. The van der Waals surface area contributed by atoms with Gasteiger partial charge in [-0.25, -0.2) is 0 Å². The molecule has 5 heteroatoms. The van der Waals surface area contributed by atoms with Gasteiger partial charge in [0.15, 0.2) is 6.29 Å². The molecule has 0 saturated carbocycles. The molecule has 0 bridgehead atoms. The number of hydrogen-bond donors (Lipinski definition) is 2. The van der Waals surface area contributed by atoms with Gasteiger partial charge in [0, 0.05) is 6.42 Å². The van der Waals surface area contributed by atoms with E-state index in [1.54, 1.807) is 0 Å². The summed E-state index contributed by atoms with van der Waals surface area (Å²) in [5.74, 6) is -0.240. The molecule has 0 rings (SSSR count). The highest BCUT2D eigenvalue weighted by Crippen LogP contribution is 2.15. The average molecular weight is 571 g/mol. The lowest BCUT2D eigenvalue weighted by Gasteiger charge is -2.20. The standard InChI is InChI=1S/C35H70O5/c1-3-5-7-9-11-13-15-17-19-21-23-25-27-29-34(37)39-32-33(31-36)40-35(38)30-28-26-24-22-20-18-16-14-12-10-8-6-4-2/h33,35-36,38H,3-32H2,1-2H3/t33-,35-/m0/s1. The third kappa shape index (κ3) is 30.3. The molecule has 0 aliphatic rings. The van der Waals surface area contributed by atoms with Gasteiger partial charge in [-0.3, -0.25) is 4.79 Å². The summed E-state index contributed by atoms with van der Waals surface area (Å²) >= 11 is 0. The molecule has 40 heavy (non-hydrogen) atoms. The summed E-state index contributed by atoms with van der Waals surface area (Å²) in [4.78, 5) is 12.0. The van der Waals surface area contributed by atoms with Gasteiger partial charge in [-0.1, -0.05) is 168 Å². The minimum absolute atomic E-state index is 0.00341. The highest BCUT2D eigenvalue weighted by atomic mass is 16.6. The summed E-state index contributed by atoms with van der Waals surface area (Å²) in [6, 6.07) is 0. The molecule has 5 nitrogen and oxygen atoms in total. The molecule has 0 saturated heterocycles. The first kappa shape index (κ1) is 39.4. The highest BCUT2D eigenvalue weighted by molar-refractivity contribution is 5.69. The number of unbranched alkanes of at least 4 members (excludes halogenated alkanes) is 24. The molecule has 0 aromatic heterocycles. The lowest BCUT2D eigenvalue weighted by molar-refractivity contribution is -0.175. The SMILES string of the molecule is CCCCCCCCCCCCCCCC(=O)OC[C@H](CO)O[C@H](O)CCCCCCCCCCCCCCC. The van der Waals surface area contributed by atoms with Crippen molar-refractivity contribution in [2.24, 2.45) is 0 Å². The first-order chi connectivity index (χ1) is 19.6. The van der Waals surface area contributed by atoms with E-state index >= 15 is 0 Å². The second-order valence-corrected chi connectivity index (χ2v) is 12.1. The minimum Gasteiger partial charge on any atom is -0.463 e. The van der Waals surface area contributed by atoms with Gasteiger partial charge in [-0.15, -0.1) is 0 Å². The van der Waals surface area contributed by atoms with Crippen LogP contribution in [-0.2, 0) is 14.3 Å². The van der Waals surface area contributed by atoms with E-state index in [0.29, 0.717) is 12.8 Å². The van der Waals surface area contributed by atoms with Crippen molar-refractivity contribution in [1.29, 1.82) is 0 Å². The molecule has 240 valence electrons. The Labute approximate surface area is 249 Å². The topological polar surface area (TPSA) is 76.0 Å². The number of aliphatic hydroxyl groups excluding tert-OH is 2. The van der Waals surface area contributed by atoms with Gasteiger partial charge in [-0.2, -0.15) is 0 Å². The van der Waals surface area contributed by atoms with Crippen LogP contribution in [0.3, 0.4) is 0 Å². The van der Waals surface area contributed by atoms with Crippen LogP contribution in [-0.4, -0.2) is 41.8 Å². The summed E-state index contributed by atoms with van der Waals surface area (Å²) in [6.45, 7) is 4.27. The van der Waals surface area contributed by atoms with Crippen LogP contribution in [0.4, 0.5) is 0 Å². The van der Waals surface area contributed by atoms with Crippen LogP contribution >= 0.6 is 0 Å². The van der Waals surface area contributed by atoms with Gasteiger partial charge in [0.25, 0.3) is 0 Å². The fourth-order valence-corrected chi connectivity index (χ4v) is 5.31. The van der Waals surface area contributed by atoms with Gasteiger partial charge in [0.05, 0.1) is 6.61 Å². The zero-order chi connectivity index (χ0) is 29.4. The summed E-state index contributed by atoms with van der Waals surface area (Å²) < 4.78 is 10.8. The van der Waals surface area contributed by atoms with Crippen LogP contribution in [0.5, 0.6) is 0 Å². The Morgan fingerprint density at radius 2 is 0.900 bits per heavy atom. The lowest BCUT2D eigenvalue weighted by atomic mass is 10.0. The van der Waals surface area contributed by atoms with Crippen molar-refractivity contribution in [3.05, 3.63) is 0 Å². The molecule has 0 aliphatic heterocycles. The van der Waals surface area contributed by atoms with E-state index < -0.39 is 12.4 Å². The van der Waals surface area contributed by atoms with E-state index in [0.717, 1.165) is 25.7 Å². The summed E-state index contributed by atoms with van der Waals surface area (Å²) in [5.41, 5.74) is 0. The van der Waals surface area contributed by atoms with Gasteiger partial charge >= 0.3 is 5.97 Å². The Balaban J connectivity index is 3.52. The Hall–Kier alpha value is -0.650. The summed E-state index contributed by atoms with van der Waals surface area (Å²) in [5, 5.41) is 19.7. The number of ether oxygens (including phenoxy) is 2. The molecule has 0 aliphatic carbocycles. The van der Waals surface area contributed by atoms with E-state index in [2.05, 4.69) is 13.8 Å². The predicted molar refractivity (Wildman–Crippen MR) is 170 cm³/mol. The largest absolute Gasteiger partial charge is 0.463 e. The van der Waals surface area contributed by atoms with Crippen molar-refractivity contribution in [2.75, 3.05) is 13.2 Å². The first-order valence-corrected chi connectivity index (χ1v) is 17.7. The van der Waals surface area contributed by atoms with Gasteiger partial charge in [-0.05, 0) is 19.3 Å². The van der Waals surface area contributed by atoms with Crippen molar-refractivity contribution in [2.45, 2.75) is 206 Å². The number of hydrogen-bond acceptors (Lipinski definition) is 5. The molecule has 0 spiro atoms. The fourth-order valence-electron chi connectivity index (χ4n) is 5.31. The molecule has 0 amide bonds. The van der Waals surface area contributed by atoms with Crippen LogP contribution in [0.25, 0.3) is 0 Å². The first-order valence-electron chi connectivity index (χ1n) is 17.7. The molecular formula is C35H70O5. The molecule has 0 unspecified atom stereocenters. The predicted octanol–water partition coefficient (Wildman–Crippen LogP) is 10.2. The van der Waals surface area contributed by atoms with Crippen molar-refractivity contribution in [1.82, 2.24) is 0 Å². The van der Waals surface area contributed by atoms with Crippen LogP contribution in [0.2, 0.25) is 0 Å². The Bertz CT molecular complexity index is 498. The highest BCUT2D eigenvalue weighted by Gasteiger charge is 2.16. The van der Waals surface area contributed by atoms with E-state index in [4.69, 9.17) is 9.47 Å². The monoisotopic (exact) mass is 571 g/mol. The second-order valence-electron chi connectivity index (χ2n) is 12.1. The number of carbonyl (C=O) groups excluding carboxylic acids is 1. The van der Waals surface area contributed by atoms with E-state index in [1.807, 2.05) is 0 Å². The fraction of sp³-hybridized carbons (Fsp3) is 0.971. The molecule has 0 heterocycles. The minimum atomic E-state index is -0.912. The van der Waals surface area contributed by atoms with Gasteiger partial charge in [0.2, 0.25) is 0 Å². The maximum absolute atomic E-state index is 12.0. The van der Waals surface area contributed by atoms with Crippen molar-refractivity contribution in [3.8, 4) is 0 Å². The normalized spacial score (nSPS) is 13.0. The maximum Gasteiger partial charge on any atom is 0.305 e. The molecule has 0 fully saturated rings. The third-order valence-electron chi connectivity index (χ3n) is 8.02. The van der Waals surface area contributed by atoms with Crippen LogP contribution in [0, 0.1) is 0 Å². The van der Waals surface area contributed by atoms with Crippen LogP contribution < -0.4 is 0 Å². The van der Waals surface area contributed by atoms with Crippen LogP contribution in [0.1, 0.15) is 194 Å². The summed E-state index contributed by atoms with van der Waals surface area (Å²) in [7, 11) is 0. The van der Waals surface area contributed by atoms with Crippen LogP contribution in [0.15, 0.2) is 0 Å². The molecule has 0 radical (unpaired) electrons. The van der Waals surface area contributed by atoms with Crippen molar-refractivity contribution < 1.29 is 24.5 Å². The van der Waals surface area contributed by atoms with E-state index in [9.17, 15) is 15.0 Å². The smallest absolute Gasteiger partial charge is 0.305 e. The zero-order valence-electron chi connectivity index (χ0n) is 27.0. The lowest BCUT2D eigenvalue weighted by Crippen LogP contribution is -2.30. The Morgan fingerprint density at radius 3 is 1.27 bits per heavy atom. The third-order valence-corrected chi connectivity index (χ3v) is 8.02. The molecule has 0 aromatic rings. The summed E-state index contributed by atoms with van der Waals surface area (Å²) in [6.07, 6.45) is 32.8. The molecule has 0 aromatic carbocycles. The van der Waals surface area contributed by atoms with E-state index in [-0.39, 0.29) is 19.2 Å². The van der Waals surface area contributed by atoms with Crippen molar-refractivity contribution in [3.63, 3.8) is 0 Å². The number of carbonyl (C=O) groups is 1. The Kier molecular flexibility index (Phi) is 32.3. The molecular weight excluding hydrogens is 500 g/mol. The second kappa shape index (κ2) is 32.9. The number of aliphatic hydroxyl groups is 2. The zero-order valence-corrected chi connectivity index (χ0v) is 27.0. The molecule has 2 N–H and O–H groups in total. The average Bonchev–Trinajstić information content (AvgIpc) is 2.96. The number of esters is 1. The Morgan fingerprint density at radius 1 is 0.550 bits per heavy atom. The quantitative estimate of drug-likeness (QED) is 0.0466. The van der Waals surface area contributed by atoms with Gasteiger partial charge < -0.3 is 19.7 Å². The van der Waals surface area contributed by atoms with Crippen molar-refractivity contribution >= 4 is 5.97 Å². The number of rotatable bonds is 33. The van der Waals surface area contributed by atoms with Gasteiger partial charge in [0.1, 0.15) is 12.7 Å². The molecule has 2 atom stereocenters. The van der Waals surface area contributed by atoms with E-state index in [1.165, 1.54) is 141 Å².